The fourth-order valence-electron chi connectivity index (χ4n) is 2.23. The first-order chi connectivity index (χ1) is 9.95. The molecule has 0 aromatic heterocycles. The molecule has 1 unspecified atom stereocenters. The zero-order chi connectivity index (χ0) is 15.6. The SMILES string of the molecule is O=[N+]([O-])C1C=CC=C[C@H]1O[C@@H]1O[C@H](CO)[C@H](O)[C@H](O)[C@H]1O. The second-order valence-corrected chi connectivity index (χ2v) is 4.84. The number of nitrogens with zero attached hydrogens (tertiary/aromatic N) is 1. The summed E-state index contributed by atoms with van der Waals surface area (Å²) in [6, 6.07) is -1.15. The summed E-state index contributed by atoms with van der Waals surface area (Å²) >= 11 is 0. The Labute approximate surface area is 119 Å². The van der Waals surface area contributed by atoms with E-state index < -0.39 is 54.4 Å². The van der Waals surface area contributed by atoms with Crippen LogP contribution >= 0.6 is 0 Å². The predicted molar refractivity (Wildman–Crippen MR) is 67.7 cm³/mol. The van der Waals surface area contributed by atoms with Crippen molar-refractivity contribution in [2.45, 2.75) is 42.9 Å². The molecule has 0 aromatic carbocycles. The van der Waals surface area contributed by atoms with Crippen LogP contribution in [-0.2, 0) is 9.47 Å². The van der Waals surface area contributed by atoms with Crippen LogP contribution in [0.4, 0.5) is 0 Å². The molecular formula is C12H17NO8. The highest BCUT2D eigenvalue weighted by atomic mass is 16.7. The number of aliphatic hydroxyl groups excluding tert-OH is 4. The fraction of sp³-hybridized carbons (Fsp3) is 0.667. The lowest BCUT2D eigenvalue weighted by atomic mass is 9.99. The van der Waals surface area contributed by atoms with Gasteiger partial charge in [0, 0.05) is 4.92 Å². The minimum atomic E-state index is -1.59. The third-order valence-electron chi connectivity index (χ3n) is 3.44. The summed E-state index contributed by atoms with van der Waals surface area (Å²) in [7, 11) is 0. The van der Waals surface area contributed by atoms with Gasteiger partial charge in [0.25, 0.3) is 6.04 Å². The van der Waals surface area contributed by atoms with Gasteiger partial charge in [0.1, 0.15) is 24.4 Å². The van der Waals surface area contributed by atoms with Crippen molar-refractivity contribution in [3.05, 3.63) is 34.4 Å². The number of nitro groups is 1. The van der Waals surface area contributed by atoms with Crippen molar-refractivity contribution in [3.63, 3.8) is 0 Å². The van der Waals surface area contributed by atoms with Crippen LogP contribution in [-0.4, -0.2) is 74.8 Å². The molecule has 0 bridgehead atoms. The van der Waals surface area contributed by atoms with Crippen LogP contribution in [0.1, 0.15) is 0 Å². The lowest BCUT2D eigenvalue weighted by molar-refractivity contribution is -0.523. The number of aliphatic hydroxyl groups is 4. The quantitative estimate of drug-likeness (QED) is 0.343. The first kappa shape index (κ1) is 16.0. The Hall–Kier alpha value is -1.36. The van der Waals surface area contributed by atoms with Gasteiger partial charge >= 0.3 is 0 Å². The summed E-state index contributed by atoms with van der Waals surface area (Å²) in [4.78, 5) is 10.4. The predicted octanol–water partition coefficient (Wildman–Crippen LogP) is -2.06. The Morgan fingerprint density at radius 1 is 1.14 bits per heavy atom. The minimum Gasteiger partial charge on any atom is -0.394 e. The van der Waals surface area contributed by atoms with Crippen molar-refractivity contribution in [2.24, 2.45) is 0 Å². The van der Waals surface area contributed by atoms with Crippen LogP contribution in [0.3, 0.4) is 0 Å². The van der Waals surface area contributed by atoms with E-state index in [1.54, 1.807) is 6.08 Å². The largest absolute Gasteiger partial charge is 0.394 e. The molecule has 2 rings (SSSR count). The highest BCUT2D eigenvalue weighted by Crippen LogP contribution is 2.25. The smallest absolute Gasteiger partial charge is 0.260 e. The van der Waals surface area contributed by atoms with Crippen LogP contribution in [0.15, 0.2) is 24.3 Å². The van der Waals surface area contributed by atoms with E-state index in [2.05, 4.69) is 0 Å². The first-order valence-corrected chi connectivity index (χ1v) is 6.40. The summed E-state index contributed by atoms with van der Waals surface area (Å²) in [5.41, 5.74) is 0. The van der Waals surface area contributed by atoms with Gasteiger partial charge in [0.2, 0.25) is 0 Å². The first-order valence-electron chi connectivity index (χ1n) is 6.40. The number of allylic oxidation sites excluding steroid dienone is 2. The maximum Gasteiger partial charge on any atom is 0.260 e. The average molecular weight is 303 g/mol. The maximum atomic E-state index is 10.9. The molecule has 1 aliphatic carbocycles. The summed E-state index contributed by atoms with van der Waals surface area (Å²) in [5, 5.41) is 49.1. The molecule has 118 valence electrons. The molecule has 1 fully saturated rings. The number of ether oxygens (including phenoxy) is 2. The third-order valence-corrected chi connectivity index (χ3v) is 3.44. The molecular weight excluding hydrogens is 286 g/mol. The third kappa shape index (κ3) is 3.28. The van der Waals surface area contributed by atoms with E-state index in [1.807, 2.05) is 0 Å². The highest BCUT2D eigenvalue weighted by Gasteiger charge is 2.46. The summed E-state index contributed by atoms with van der Waals surface area (Å²) in [6.45, 7) is -0.593. The van der Waals surface area contributed by atoms with Crippen LogP contribution in [0.5, 0.6) is 0 Å². The molecule has 21 heavy (non-hydrogen) atoms. The second-order valence-electron chi connectivity index (χ2n) is 4.84. The molecule has 0 amide bonds. The highest BCUT2D eigenvalue weighted by molar-refractivity contribution is 5.16. The normalized spacial score (nSPS) is 43.0. The molecule has 0 saturated carbocycles. The molecule has 1 aliphatic heterocycles. The Balaban J connectivity index is 2.08. The van der Waals surface area contributed by atoms with Gasteiger partial charge < -0.3 is 29.9 Å². The Morgan fingerprint density at radius 3 is 2.43 bits per heavy atom. The number of hydrogen-bond donors (Lipinski definition) is 4. The molecule has 0 radical (unpaired) electrons. The zero-order valence-electron chi connectivity index (χ0n) is 10.9. The summed E-state index contributed by atoms with van der Waals surface area (Å²) in [5.74, 6) is 0. The Morgan fingerprint density at radius 2 is 1.81 bits per heavy atom. The van der Waals surface area contributed by atoms with Crippen molar-refractivity contribution in [1.29, 1.82) is 0 Å². The van der Waals surface area contributed by atoms with E-state index in [0.717, 1.165) is 0 Å². The van der Waals surface area contributed by atoms with E-state index in [0.29, 0.717) is 0 Å². The maximum absolute atomic E-state index is 10.9. The van der Waals surface area contributed by atoms with Crippen molar-refractivity contribution in [2.75, 3.05) is 6.61 Å². The molecule has 1 saturated heterocycles. The van der Waals surface area contributed by atoms with Crippen molar-refractivity contribution in [3.8, 4) is 0 Å². The van der Waals surface area contributed by atoms with E-state index in [4.69, 9.17) is 14.6 Å². The van der Waals surface area contributed by atoms with Gasteiger partial charge in [-0.25, -0.2) is 0 Å². The van der Waals surface area contributed by atoms with Gasteiger partial charge in [-0.3, -0.25) is 10.1 Å². The van der Waals surface area contributed by atoms with E-state index in [1.165, 1.54) is 18.2 Å². The van der Waals surface area contributed by atoms with Gasteiger partial charge in [-0.05, 0) is 12.2 Å². The molecule has 0 spiro atoms. The Bertz CT molecular complexity index is 437. The topological polar surface area (TPSA) is 143 Å². The zero-order valence-corrected chi connectivity index (χ0v) is 10.9. The van der Waals surface area contributed by atoms with E-state index in [9.17, 15) is 25.4 Å². The second kappa shape index (κ2) is 6.60. The molecule has 1 heterocycles. The monoisotopic (exact) mass is 303 g/mol. The molecule has 2 aliphatic rings. The fourth-order valence-corrected chi connectivity index (χ4v) is 2.23. The summed E-state index contributed by atoms with van der Waals surface area (Å²) in [6.07, 6.45) is -2.38. The van der Waals surface area contributed by atoms with Crippen LogP contribution in [0.25, 0.3) is 0 Å². The van der Waals surface area contributed by atoms with Gasteiger partial charge in [-0.15, -0.1) is 0 Å². The van der Waals surface area contributed by atoms with Crippen LogP contribution < -0.4 is 0 Å². The standard InChI is InChI=1S/C12H17NO8/c14-5-8-9(15)10(16)11(17)12(21-8)20-7-4-2-1-3-6(7)13(18)19/h1-4,6-12,14-17H,5H2/t6?,7-,8-,9+,10+,11-,12-/m1/s1. The minimum absolute atomic E-state index is 0.547. The lowest BCUT2D eigenvalue weighted by Gasteiger charge is -2.40. The van der Waals surface area contributed by atoms with Gasteiger partial charge in [-0.2, -0.15) is 0 Å². The van der Waals surface area contributed by atoms with E-state index in [-0.39, 0.29) is 0 Å². The van der Waals surface area contributed by atoms with Gasteiger partial charge in [0.15, 0.2) is 12.4 Å². The molecule has 9 nitrogen and oxygen atoms in total. The van der Waals surface area contributed by atoms with Crippen LogP contribution in [0, 0.1) is 10.1 Å². The molecule has 7 atom stereocenters. The number of rotatable bonds is 4. The number of hydrogen-bond acceptors (Lipinski definition) is 8. The van der Waals surface area contributed by atoms with Crippen molar-refractivity contribution >= 4 is 0 Å². The molecule has 4 N–H and O–H groups in total. The van der Waals surface area contributed by atoms with E-state index >= 15 is 0 Å². The van der Waals surface area contributed by atoms with Crippen LogP contribution in [0.2, 0.25) is 0 Å². The van der Waals surface area contributed by atoms with Gasteiger partial charge in [0.05, 0.1) is 6.61 Å². The summed E-state index contributed by atoms with van der Waals surface area (Å²) < 4.78 is 10.5. The van der Waals surface area contributed by atoms with Gasteiger partial charge in [-0.1, -0.05) is 12.2 Å². The molecule has 0 aromatic rings. The van der Waals surface area contributed by atoms with Crippen molar-refractivity contribution < 1.29 is 34.8 Å². The average Bonchev–Trinajstić information content (AvgIpc) is 2.48. The molecule has 9 heteroatoms. The van der Waals surface area contributed by atoms with Crippen molar-refractivity contribution in [1.82, 2.24) is 0 Å². The Kier molecular flexibility index (Phi) is 5.04. The lowest BCUT2D eigenvalue weighted by Crippen LogP contribution is -2.60.